The molecular formula is C19H30N2O2. The summed E-state index contributed by atoms with van der Waals surface area (Å²) >= 11 is 0. The zero-order chi connectivity index (χ0) is 16.7. The Hall–Kier alpha value is -1.39. The highest BCUT2D eigenvalue weighted by molar-refractivity contribution is 5.76. The molecule has 2 atom stereocenters. The molecular weight excluding hydrogens is 288 g/mol. The van der Waals surface area contributed by atoms with E-state index in [0.717, 1.165) is 31.5 Å². The molecule has 0 radical (unpaired) electrons. The van der Waals surface area contributed by atoms with Crippen molar-refractivity contribution in [3.05, 3.63) is 35.9 Å². The number of likely N-dealkylation sites (tertiary alicyclic amines) is 1. The van der Waals surface area contributed by atoms with Crippen LogP contribution in [0.2, 0.25) is 0 Å². The molecule has 1 aliphatic rings. The highest BCUT2D eigenvalue weighted by Crippen LogP contribution is 2.19. The maximum absolute atomic E-state index is 12.4. The molecule has 4 nitrogen and oxygen atoms in total. The molecule has 0 saturated carbocycles. The van der Waals surface area contributed by atoms with Gasteiger partial charge in [-0.15, -0.1) is 0 Å². The van der Waals surface area contributed by atoms with Crippen LogP contribution in [-0.4, -0.2) is 41.6 Å². The van der Waals surface area contributed by atoms with Crippen molar-refractivity contribution in [2.24, 2.45) is 0 Å². The number of hydrogen-bond donors (Lipinski definition) is 2. The second-order valence-electron chi connectivity index (χ2n) is 6.92. The van der Waals surface area contributed by atoms with Crippen LogP contribution in [0.15, 0.2) is 30.3 Å². The fraction of sp³-hybridized carbons (Fsp3) is 0.632. The Bertz CT molecular complexity index is 479. The average Bonchev–Trinajstić information content (AvgIpc) is 2.83. The highest BCUT2D eigenvalue weighted by Gasteiger charge is 2.24. The van der Waals surface area contributed by atoms with Gasteiger partial charge >= 0.3 is 0 Å². The summed E-state index contributed by atoms with van der Waals surface area (Å²) < 4.78 is 0. The number of hydrogen-bond acceptors (Lipinski definition) is 3. The van der Waals surface area contributed by atoms with Gasteiger partial charge in [0.1, 0.15) is 0 Å². The summed E-state index contributed by atoms with van der Waals surface area (Å²) in [5, 5.41) is 13.9. The lowest BCUT2D eigenvalue weighted by Crippen LogP contribution is -2.42. The third kappa shape index (κ3) is 5.63. The van der Waals surface area contributed by atoms with Crippen LogP contribution in [0, 0.1) is 0 Å². The van der Waals surface area contributed by atoms with Gasteiger partial charge in [0.25, 0.3) is 0 Å². The SMILES string of the molecule is CC(CC(=O)N1CCCCCC1)NCC(C)(O)c1ccccc1. The monoisotopic (exact) mass is 318 g/mol. The highest BCUT2D eigenvalue weighted by atomic mass is 16.3. The lowest BCUT2D eigenvalue weighted by molar-refractivity contribution is -0.131. The molecule has 23 heavy (non-hydrogen) atoms. The molecule has 1 fully saturated rings. The first-order valence-corrected chi connectivity index (χ1v) is 8.78. The molecule has 4 heteroatoms. The summed E-state index contributed by atoms with van der Waals surface area (Å²) in [5.74, 6) is 0.228. The van der Waals surface area contributed by atoms with Crippen molar-refractivity contribution in [2.45, 2.75) is 57.6 Å². The molecule has 0 spiro atoms. The van der Waals surface area contributed by atoms with Crippen LogP contribution < -0.4 is 5.32 Å². The van der Waals surface area contributed by atoms with Gasteiger partial charge in [0.05, 0.1) is 5.60 Å². The summed E-state index contributed by atoms with van der Waals surface area (Å²) in [6.07, 6.45) is 5.20. The first kappa shape index (κ1) is 18.0. The fourth-order valence-electron chi connectivity index (χ4n) is 3.06. The molecule has 0 aromatic heterocycles. The van der Waals surface area contributed by atoms with Crippen LogP contribution in [-0.2, 0) is 10.4 Å². The van der Waals surface area contributed by atoms with Gasteiger partial charge in [-0.05, 0) is 32.3 Å². The van der Waals surface area contributed by atoms with Crippen molar-refractivity contribution in [1.29, 1.82) is 0 Å². The van der Waals surface area contributed by atoms with Gasteiger partial charge in [-0.25, -0.2) is 0 Å². The van der Waals surface area contributed by atoms with Crippen molar-refractivity contribution in [3.8, 4) is 0 Å². The number of rotatable bonds is 6. The molecule has 0 aliphatic carbocycles. The van der Waals surface area contributed by atoms with Crippen molar-refractivity contribution >= 4 is 5.91 Å². The minimum Gasteiger partial charge on any atom is -0.384 e. The predicted octanol–water partition coefficient (Wildman–Crippen LogP) is 2.66. The molecule has 2 rings (SSSR count). The molecule has 0 bridgehead atoms. The Labute approximate surface area is 139 Å². The van der Waals surface area contributed by atoms with E-state index >= 15 is 0 Å². The molecule has 128 valence electrons. The topological polar surface area (TPSA) is 52.6 Å². The molecule has 1 heterocycles. The van der Waals surface area contributed by atoms with Crippen molar-refractivity contribution in [3.63, 3.8) is 0 Å². The van der Waals surface area contributed by atoms with E-state index in [1.165, 1.54) is 12.8 Å². The summed E-state index contributed by atoms with van der Waals surface area (Å²) in [5.41, 5.74) is -0.0419. The number of aliphatic hydroxyl groups is 1. The number of nitrogens with zero attached hydrogens (tertiary/aromatic N) is 1. The van der Waals surface area contributed by atoms with E-state index in [1.54, 1.807) is 6.92 Å². The number of carbonyl (C=O) groups is 1. The number of nitrogens with one attached hydrogen (secondary N) is 1. The van der Waals surface area contributed by atoms with E-state index in [4.69, 9.17) is 0 Å². The van der Waals surface area contributed by atoms with E-state index in [-0.39, 0.29) is 11.9 Å². The molecule has 2 N–H and O–H groups in total. The predicted molar refractivity (Wildman–Crippen MR) is 93.1 cm³/mol. The van der Waals surface area contributed by atoms with Gasteiger partial charge in [-0.1, -0.05) is 43.2 Å². The molecule has 1 aromatic rings. The Morgan fingerprint density at radius 3 is 2.43 bits per heavy atom. The van der Waals surface area contributed by atoms with Crippen LogP contribution in [0.1, 0.15) is 51.5 Å². The van der Waals surface area contributed by atoms with E-state index in [0.29, 0.717) is 13.0 Å². The van der Waals surface area contributed by atoms with Gasteiger partial charge in [-0.2, -0.15) is 0 Å². The Morgan fingerprint density at radius 2 is 1.83 bits per heavy atom. The smallest absolute Gasteiger partial charge is 0.224 e. The molecule has 2 unspecified atom stereocenters. The molecule has 1 aliphatic heterocycles. The number of carbonyl (C=O) groups excluding carboxylic acids is 1. The lowest BCUT2D eigenvalue weighted by Gasteiger charge is -2.27. The third-order valence-electron chi connectivity index (χ3n) is 4.63. The standard InChI is InChI=1S/C19H30N2O2/c1-16(14-18(22)21-12-8-3-4-9-13-21)20-15-19(2,23)17-10-6-5-7-11-17/h5-7,10-11,16,20,23H,3-4,8-9,12-15H2,1-2H3. The maximum atomic E-state index is 12.4. The fourth-order valence-corrected chi connectivity index (χ4v) is 3.06. The molecule has 1 amide bonds. The van der Waals surface area contributed by atoms with E-state index in [2.05, 4.69) is 5.32 Å². The third-order valence-corrected chi connectivity index (χ3v) is 4.63. The Morgan fingerprint density at radius 1 is 1.22 bits per heavy atom. The minimum atomic E-state index is -0.929. The van der Waals surface area contributed by atoms with Crippen molar-refractivity contribution < 1.29 is 9.90 Å². The normalized spacial score (nSPS) is 19.7. The Kier molecular flexibility index (Phi) is 6.60. The summed E-state index contributed by atoms with van der Waals surface area (Å²) in [7, 11) is 0. The number of benzene rings is 1. The largest absolute Gasteiger partial charge is 0.384 e. The second-order valence-corrected chi connectivity index (χ2v) is 6.92. The van der Waals surface area contributed by atoms with Crippen LogP contribution in [0.5, 0.6) is 0 Å². The van der Waals surface area contributed by atoms with Gasteiger partial charge in [-0.3, -0.25) is 4.79 Å². The van der Waals surface area contributed by atoms with Gasteiger partial charge in [0.15, 0.2) is 0 Å². The molecule has 1 aromatic carbocycles. The van der Waals surface area contributed by atoms with Crippen LogP contribution >= 0.6 is 0 Å². The lowest BCUT2D eigenvalue weighted by atomic mass is 9.95. The van der Waals surface area contributed by atoms with Crippen LogP contribution in [0.3, 0.4) is 0 Å². The van der Waals surface area contributed by atoms with Gasteiger partial charge in [0.2, 0.25) is 5.91 Å². The maximum Gasteiger partial charge on any atom is 0.224 e. The quantitative estimate of drug-likeness (QED) is 0.848. The van der Waals surface area contributed by atoms with Crippen molar-refractivity contribution in [1.82, 2.24) is 10.2 Å². The van der Waals surface area contributed by atoms with Crippen molar-refractivity contribution in [2.75, 3.05) is 19.6 Å². The van der Waals surface area contributed by atoms with E-state index in [1.807, 2.05) is 42.2 Å². The van der Waals surface area contributed by atoms with Gasteiger partial charge in [0, 0.05) is 32.1 Å². The summed E-state index contributed by atoms with van der Waals surface area (Å²) in [6, 6.07) is 9.70. The second kappa shape index (κ2) is 8.46. The van der Waals surface area contributed by atoms with Crippen LogP contribution in [0.25, 0.3) is 0 Å². The summed E-state index contributed by atoms with van der Waals surface area (Å²) in [4.78, 5) is 14.4. The zero-order valence-electron chi connectivity index (χ0n) is 14.4. The summed E-state index contributed by atoms with van der Waals surface area (Å²) in [6.45, 7) is 6.04. The first-order chi connectivity index (χ1) is 11.0. The number of amides is 1. The zero-order valence-corrected chi connectivity index (χ0v) is 14.4. The molecule has 1 saturated heterocycles. The Balaban J connectivity index is 1.80. The average molecular weight is 318 g/mol. The van der Waals surface area contributed by atoms with Gasteiger partial charge < -0.3 is 15.3 Å². The van der Waals surface area contributed by atoms with E-state index < -0.39 is 5.60 Å². The van der Waals surface area contributed by atoms with E-state index in [9.17, 15) is 9.90 Å². The minimum absolute atomic E-state index is 0.0564. The first-order valence-electron chi connectivity index (χ1n) is 8.78. The van der Waals surface area contributed by atoms with Crippen LogP contribution in [0.4, 0.5) is 0 Å².